The summed E-state index contributed by atoms with van der Waals surface area (Å²) < 4.78 is 11.1. The number of methoxy groups -OCH3 is 2. The number of carbonyl (C=O) groups is 3. The highest BCUT2D eigenvalue weighted by Gasteiger charge is 2.48. The maximum atomic E-state index is 13.7. The number of aliphatic hydroxyl groups excluding tert-OH is 1. The number of aryl methyl sites for hydroxylation is 1. The summed E-state index contributed by atoms with van der Waals surface area (Å²) in [5.74, 6) is -0.977. The van der Waals surface area contributed by atoms with E-state index in [1.54, 1.807) is 61.7 Å². The average molecular weight is 529 g/mol. The number of carbonyl (C=O) groups excluding carboxylic acids is 3. The van der Waals surface area contributed by atoms with Crippen molar-refractivity contribution in [2.75, 3.05) is 24.4 Å². The Morgan fingerprint density at radius 2 is 1.67 bits per heavy atom. The molecule has 39 heavy (non-hydrogen) atoms. The van der Waals surface area contributed by atoms with Crippen molar-refractivity contribution in [2.24, 2.45) is 0 Å². The minimum absolute atomic E-state index is 0.0580. The fraction of sp³-hybridized carbons (Fsp3) is 0.258. The number of ketones is 1. The van der Waals surface area contributed by atoms with Crippen LogP contribution in [0.3, 0.4) is 0 Å². The second-order valence-electron chi connectivity index (χ2n) is 9.71. The van der Waals surface area contributed by atoms with Crippen LogP contribution >= 0.6 is 0 Å². The van der Waals surface area contributed by atoms with Crippen LogP contribution in [0, 0.1) is 6.92 Å². The largest absolute Gasteiger partial charge is 0.507 e. The van der Waals surface area contributed by atoms with Crippen molar-refractivity contribution in [3.8, 4) is 11.5 Å². The highest BCUT2D eigenvalue weighted by Crippen LogP contribution is 2.46. The third-order valence-corrected chi connectivity index (χ3v) is 6.78. The molecule has 0 bridgehead atoms. The quantitative estimate of drug-likeness (QED) is 0.231. The first-order valence-corrected chi connectivity index (χ1v) is 12.6. The molecule has 1 fully saturated rings. The van der Waals surface area contributed by atoms with Crippen LogP contribution in [0.1, 0.15) is 55.0 Å². The Hall–Kier alpha value is -4.59. The summed E-state index contributed by atoms with van der Waals surface area (Å²) in [7, 11) is 3.09. The fourth-order valence-corrected chi connectivity index (χ4v) is 4.95. The van der Waals surface area contributed by atoms with E-state index in [1.165, 1.54) is 18.9 Å². The molecule has 2 amide bonds. The summed E-state index contributed by atoms with van der Waals surface area (Å²) in [6.07, 6.45) is 0. The first-order chi connectivity index (χ1) is 18.6. The van der Waals surface area contributed by atoms with Crippen LogP contribution in [0.4, 0.5) is 11.4 Å². The van der Waals surface area contributed by atoms with Crippen LogP contribution in [0.2, 0.25) is 0 Å². The number of hydrogen-bond donors (Lipinski definition) is 2. The smallest absolute Gasteiger partial charge is 0.300 e. The summed E-state index contributed by atoms with van der Waals surface area (Å²) in [4.78, 5) is 40.3. The first kappa shape index (κ1) is 27.4. The number of ether oxygens (including phenoxy) is 2. The molecule has 1 aliphatic rings. The molecule has 1 atom stereocenters. The van der Waals surface area contributed by atoms with E-state index in [4.69, 9.17) is 9.47 Å². The molecular formula is C31H32N2O6. The lowest BCUT2D eigenvalue weighted by Crippen LogP contribution is -2.29. The molecule has 0 saturated carbocycles. The van der Waals surface area contributed by atoms with Gasteiger partial charge in [-0.25, -0.2) is 0 Å². The van der Waals surface area contributed by atoms with Crippen molar-refractivity contribution >= 4 is 34.7 Å². The van der Waals surface area contributed by atoms with Gasteiger partial charge in [0.2, 0.25) is 5.91 Å². The van der Waals surface area contributed by atoms with Crippen molar-refractivity contribution < 1.29 is 29.0 Å². The van der Waals surface area contributed by atoms with E-state index in [0.29, 0.717) is 39.6 Å². The molecule has 4 rings (SSSR count). The van der Waals surface area contributed by atoms with Gasteiger partial charge in [-0.1, -0.05) is 38.1 Å². The molecule has 1 saturated heterocycles. The SMILES string of the molecule is COc1cc(C)c(/C(O)=C2\C(=O)C(=O)N(c3cccc(NC(C)=O)c3)C2c2ccccc2OC)cc1C(C)C. The maximum Gasteiger partial charge on any atom is 0.300 e. The van der Waals surface area contributed by atoms with E-state index in [2.05, 4.69) is 5.32 Å². The van der Waals surface area contributed by atoms with Crippen molar-refractivity contribution in [1.29, 1.82) is 0 Å². The van der Waals surface area contributed by atoms with Gasteiger partial charge in [0.1, 0.15) is 17.3 Å². The van der Waals surface area contributed by atoms with E-state index in [-0.39, 0.29) is 23.2 Å². The minimum atomic E-state index is -0.988. The second kappa shape index (κ2) is 11.0. The van der Waals surface area contributed by atoms with E-state index in [0.717, 1.165) is 5.56 Å². The fourth-order valence-electron chi connectivity index (χ4n) is 4.95. The molecular weight excluding hydrogens is 496 g/mol. The van der Waals surface area contributed by atoms with Crippen molar-refractivity contribution in [2.45, 2.75) is 39.7 Å². The minimum Gasteiger partial charge on any atom is -0.507 e. The van der Waals surface area contributed by atoms with Gasteiger partial charge in [-0.3, -0.25) is 19.3 Å². The molecule has 0 aliphatic carbocycles. The number of hydrogen-bond acceptors (Lipinski definition) is 6. The van der Waals surface area contributed by atoms with Gasteiger partial charge in [-0.05, 0) is 60.4 Å². The summed E-state index contributed by atoms with van der Waals surface area (Å²) in [6, 6.07) is 16.3. The number of anilines is 2. The Morgan fingerprint density at radius 3 is 2.31 bits per heavy atom. The van der Waals surface area contributed by atoms with Gasteiger partial charge >= 0.3 is 0 Å². The van der Waals surface area contributed by atoms with Gasteiger partial charge in [-0.2, -0.15) is 0 Å². The van der Waals surface area contributed by atoms with Gasteiger partial charge < -0.3 is 19.9 Å². The average Bonchev–Trinajstić information content (AvgIpc) is 3.17. The third kappa shape index (κ3) is 5.10. The van der Waals surface area contributed by atoms with Gasteiger partial charge in [0, 0.05) is 29.4 Å². The number of amides is 2. The number of aliphatic hydroxyl groups is 1. The zero-order chi connectivity index (χ0) is 28.4. The summed E-state index contributed by atoms with van der Waals surface area (Å²) in [5.41, 5.74) is 3.30. The molecule has 8 nitrogen and oxygen atoms in total. The Morgan fingerprint density at radius 1 is 0.974 bits per heavy atom. The van der Waals surface area contributed by atoms with E-state index >= 15 is 0 Å². The third-order valence-electron chi connectivity index (χ3n) is 6.78. The van der Waals surface area contributed by atoms with Crippen LogP contribution in [0.15, 0.2) is 66.2 Å². The van der Waals surface area contributed by atoms with Crippen LogP contribution in [-0.2, 0) is 14.4 Å². The zero-order valence-corrected chi connectivity index (χ0v) is 22.9. The summed E-state index contributed by atoms with van der Waals surface area (Å²) >= 11 is 0. The Kier molecular flexibility index (Phi) is 7.76. The molecule has 1 heterocycles. The van der Waals surface area contributed by atoms with Gasteiger partial charge in [0.25, 0.3) is 11.7 Å². The first-order valence-electron chi connectivity index (χ1n) is 12.6. The number of rotatable bonds is 7. The summed E-state index contributed by atoms with van der Waals surface area (Å²) in [5, 5.41) is 14.4. The van der Waals surface area contributed by atoms with Crippen LogP contribution < -0.4 is 19.7 Å². The zero-order valence-electron chi connectivity index (χ0n) is 22.9. The van der Waals surface area contributed by atoms with E-state index in [1.807, 2.05) is 26.8 Å². The van der Waals surface area contributed by atoms with Crippen molar-refractivity contribution in [1.82, 2.24) is 0 Å². The number of para-hydroxylation sites is 1. The normalized spacial score (nSPS) is 16.5. The molecule has 0 aromatic heterocycles. The van der Waals surface area contributed by atoms with Gasteiger partial charge in [0.05, 0.1) is 25.8 Å². The lowest BCUT2D eigenvalue weighted by atomic mass is 9.90. The lowest BCUT2D eigenvalue weighted by molar-refractivity contribution is -0.132. The predicted molar refractivity (Wildman–Crippen MR) is 150 cm³/mol. The number of Topliss-reactive ketones (excluding diaryl/α,β-unsaturated/α-hetero) is 1. The molecule has 3 aromatic carbocycles. The molecule has 8 heteroatoms. The van der Waals surface area contributed by atoms with Crippen LogP contribution in [0.5, 0.6) is 11.5 Å². The number of nitrogens with one attached hydrogen (secondary N) is 1. The molecule has 202 valence electrons. The molecule has 1 unspecified atom stereocenters. The summed E-state index contributed by atoms with van der Waals surface area (Å²) in [6.45, 7) is 7.21. The van der Waals surface area contributed by atoms with Crippen LogP contribution in [-0.4, -0.2) is 36.9 Å². The van der Waals surface area contributed by atoms with Gasteiger partial charge in [0.15, 0.2) is 0 Å². The molecule has 1 aliphatic heterocycles. The maximum absolute atomic E-state index is 13.7. The molecule has 2 N–H and O–H groups in total. The molecule has 0 spiro atoms. The van der Waals surface area contributed by atoms with Crippen molar-refractivity contribution in [3.63, 3.8) is 0 Å². The van der Waals surface area contributed by atoms with E-state index < -0.39 is 17.7 Å². The lowest BCUT2D eigenvalue weighted by Gasteiger charge is -2.27. The molecule has 0 radical (unpaired) electrons. The predicted octanol–water partition coefficient (Wildman–Crippen LogP) is 5.72. The Labute approximate surface area is 227 Å². The topological polar surface area (TPSA) is 105 Å². The van der Waals surface area contributed by atoms with Gasteiger partial charge in [-0.15, -0.1) is 0 Å². The van der Waals surface area contributed by atoms with Crippen molar-refractivity contribution in [3.05, 3.63) is 88.5 Å². The van der Waals surface area contributed by atoms with E-state index in [9.17, 15) is 19.5 Å². The highest BCUT2D eigenvalue weighted by atomic mass is 16.5. The standard InChI is InChI=1S/C31H32N2O6/c1-17(2)23-16-24(18(3)14-26(23)39-6)29(35)27-28(22-12-7-8-13-25(22)38-5)33(31(37)30(27)36)21-11-9-10-20(15-21)32-19(4)34/h7-17,28,35H,1-6H3,(H,32,34)/b29-27+. The monoisotopic (exact) mass is 528 g/mol. The number of benzene rings is 3. The van der Waals surface area contributed by atoms with Crippen LogP contribution in [0.25, 0.3) is 5.76 Å². The Balaban J connectivity index is 2.00. The molecule has 3 aromatic rings. The Bertz CT molecular complexity index is 1490. The highest BCUT2D eigenvalue weighted by molar-refractivity contribution is 6.51. The number of nitrogens with zero attached hydrogens (tertiary/aromatic N) is 1. The second-order valence-corrected chi connectivity index (χ2v) is 9.71.